The average molecular weight is 188 g/mol. The van der Waals surface area contributed by atoms with Crippen molar-refractivity contribution in [2.75, 3.05) is 0 Å². The van der Waals surface area contributed by atoms with Gasteiger partial charge in [-0.3, -0.25) is 0 Å². The Morgan fingerprint density at radius 2 is 2.29 bits per heavy atom. The van der Waals surface area contributed by atoms with Crippen LogP contribution in [-0.2, 0) is 6.42 Å². The maximum atomic E-state index is 5.91. The molecule has 0 aromatic heterocycles. The quantitative estimate of drug-likeness (QED) is 0.615. The minimum Gasteiger partial charge on any atom is -0.483 e. The number of fused-ring (bicyclic) bond motifs is 1. The molecule has 1 heteroatoms. The maximum absolute atomic E-state index is 5.91. The van der Waals surface area contributed by atoms with Crippen LogP contribution in [0.2, 0.25) is 0 Å². The van der Waals surface area contributed by atoms with Crippen molar-refractivity contribution in [3.8, 4) is 5.75 Å². The van der Waals surface area contributed by atoms with Crippen LogP contribution in [0.25, 0.3) is 0 Å². The molecular weight excluding hydrogens is 172 g/mol. The molecule has 1 aliphatic rings. The summed E-state index contributed by atoms with van der Waals surface area (Å²) in [5.41, 5.74) is 2.45. The molecule has 0 bridgehead atoms. The van der Waals surface area contributed by atoms with Gasteiger partial charge in [0.2, 0.25) is 0 Å². The first-order valence-electron chi connectivity index (χ1n) is 5.05. The van der Waals surface area contributed by atoms with Crippen molar-refractivity contribution in [1.29, 1.82) is 0 Å². The first-order chi connectivity index (χ1) is 6.63. The predicted octanol–water partition coefficient (Wildman–Crippen LogP) is 3.26. The largest absolute Gasteiger partial charge is 0.483 e. The molecule has 14 heavy (non-hydrogen) atoms. The van der Waals surface area contributed by atoms with Crippen LogP contribution in [0.3, 0.4) is 0 Å². The van der Waals surface area contributed by atoms with E-state index in [1.54, 1.807) is 0 Å². The van der Waals surface area contributed by atoms with Crippen molar-refractivity contribution in [2.45, 2.75) is 32.3 Å². The van der Waals surface area contributed by atoms with E-state index in [1.807, 2.05) is 6.08 Å². The van der Waals surface area contributed by atoms with Crippen LogP contribution in [0.4, 0.5) is 0 Å². The Balaban J connectivity index is 2.36. The number of rotatable bonds is 1. The molecule has 1 aliphatic heterocycles. The zero-order valence-corrected chi connectivity index (χ0v) is 8.84. The van der Waals surface area contributed by atoms with Crippen molar-refractivity contribution >= 4 is 0 Å². The molecule has 1 heterocycles. The predicted molar refractivity (Wildman–Crippen MR) is 58.7 cm³/mol. The number of hydrogen-bond donors (Lipinski definition) is 0. The third kappa shape index (κ3) is 1.54. The van der Waals surface area contributed by atoms with E-state index >= 15 is 0 Å². The summed E-state index contributed by atoms with van der Waals surface area (Å²) in [6.45, 7) is 8.02. The van der Waals surface area contributed by atoms with Crippen LogP contribution in [-0.4, -0.2) is 5.60 Å². The standard InChI is InChI=1S/C13H16O/c1-4-13(3)8-7-11-9-10(2)5-6-12(11)14-13/h4-6,9H,1,7-8H2,2-3H3/t13-/m1/s1. The molecule has 0 saturated heterocycles. The van der Waals surface area contributed by atoms with Gasteiger partial charge in [0.1, 0.15) is 11.4 Å². The molecule has 74 valence electrons. The summed E-state index contributed by atoms with van der Waals surface area (Å²) in [5, 5.41) is 0. The lowest BCUT2D eigenvalue weighted by Crippen LogP contribution is -2.33. The van der Waals surface area contributed by atoms with Crippen LogP contribution >= 0.6 is 0 Å². The van der Waals surface area contributed by atoms with Gasteiger partial charge in [-0.15, -0.1) is 0 Å². The third-order valence-electron chi connectivity index (χ3n) is 2.88. The van der Waals surface area contributed by atoms with E-state index in [0.29, 0.717) is 0 Å². The van der Waals surface area contributed by atoms with Gasteiger partial charge in [0, 0.05) is 0 Å². The Morgan fingerprint density at radius 3 is 3.00 bits per heavy atom. The van der Waals surface area contributed by atoms with Crippen molar-refractivity contribution in [2.24, 2.45) is 0 Å². The van der Waals surface area contributed by atoms with E-state index in [4.69, 9.17) is 4.74 Å². The SMILES string of the molecule is C=C[C@]1(C)CCc2cc(C)ccc2O1. The zero-order valence-electron chi connectivity index (χ0n) is 8.84. The highest BCUT2D eigenvalue weighted by Gasteiger charge is 2.27. The number of benzene rings is 1. The van der Waals surface area contributed by atoms with Crippen LogP contribution in [0.5, 0.6) is 5.75 Å². The number of ether oxygens (including phenoxy) is 1. The molecule has 1 aromatic rings. The Labute approximate surface area is 85.4 Å². The van der Waals surface area contributed by atoms with Gasteiger partial charge >= 0.3 is 0 Å². The summed E-state index contributed by atoms with van der Waals surface area (Å²) < 4.78 is 5.91. The monoisotopic (exact) mass is 188 g/mol. The molecule has 1 aromatic carbocycles. The van der Waals surface area contributed by atoms with Gasteiger partial charge in [-0.25, -0.2) is 0 Å². The molecule has 0 fully saturated rings. The minimum absolute atomic E-state index is 0.178. The fourth-order valence-electron chi connectivity index (χ4n) is 1.83. The summed E-state index contributed by atoms with van der Waals surface area (Å²) in [5.74, 6) is 1.02. The Bertz CT molecular complexity index is 367. The molecular formula is C13H16O. The van der Waals surface area contributed by atoms with Gasteiger partial charge in [0.05, 0.1) is 0 Å². The lowest BCUT2D eigenvalue weighted by Gasteiger charge is -2.33. The van der Waals surface area contributed by atoms with E-state index in [9.17, 15) is 0 Å². The molecule has 0 amide bonds. The number of hydrogen-bond acceptors (Lipinski definition) is 1. The van der Waals surface area contributed by atoms with Crippen molar-refractivity contribution in [3.63, 3.8) is 0 Å². The van der Waals surface area contributed by atoms with Gasteiger partial charge in [0.25, 0.3) is 0 Å². The molecule has 0 N–H and O–H groups in total. The number of aryl methyl sites for hydroxylation is 2. The topological polar surface area (TPSA) is 9.23 Å². The van der Waals surface area contributed by atoms with E-state index in [2.05, 4.69) is 38.6 Å². The van der Waals surface area contributed by atoms with Gasteiger partial charge in [0.15, 0.2) is 0 Å². The third-order valence-corrected chi connectivity index (χ3v) is 2.88. The van der Waals surface area contributed by atoms with E-state index < -0.39 is 0 Å². The normalized spacial score (nSPS) is 25.0. The minimum atomic E-state index is -0.178. The second-order valence-corrected chi connectivity index (χ2v) is 4.23. The molecule has 1 nitrogen and oxygen atoms in total. The molecule has 1 atom stereocenters. The molecule has 2 rings (SSSR count). The Hall–Kier alpha value is -1.24. The van der Waals surface area contributed by atoms with Gasteiger partial charge in [-0.05, 0) is 44.4 Å². The highest BCUT2D eigenvalue weighted by Crippen LogP contribution is 2.34. The fraction of sp³-hybridized carbons (Fsp3) is 0.385. The highest BCUT2D eigenvalue weighted by molar-refractivity contribution is 5.39. The lowest BCUT2D eigenvalue weighted by molar-refractivity contribution is 0.115. The van der Waals surface area contributed by atoms with Crippen molar-refractivity contribution < 1.29 is 4.74 Å². The second-order valence-electron chi connectivity index (χ2n) is 4.23. The first kappa shape index (κ1) is 9.32. The van der Waals surface area contributed by atoms with Gasteiger partial charge in [-0.2, -0.15) is 0 Å². The smallest absolute Gasteiger partial charge is 0.124 e. The summed E-state index contributed by atoms with van der Waals surface area (Å²) in [7, 11) is 0. The highest BCUT2D eigenvalue weighted by atomic mass is 16.5. The van der Waals surface area contributed by atoms with Crippen molar-refractivity contribution in [1.82, 2.24) is 0 Å². The van der Waals surface area contributed by atoms with E-state index in [1.165, 1.54) is 11.1 Å². The fourth-order valence-corrected chi connectivity index (χ4v) is 1.83. The van der Waals surface area contributed by atoms with Crippen LogP contribution < -0.4 is 4.74 Å². The van der Waals surface area contributed by atoms with Crippen LogP contribution in [0.1, 0.15) is 24.5 Å². The first-order valence-corrected chi connectivity index (χ1v) is 5.05. The second kappa shape index (κ2) is 3.16. The Kier molecular flexibility index (Phi) is 2.10. The van der Waals surface area contributed by atoms with Crippen LogP contribution in [0, 0.1) is 6.92 Å². The lowest BCUT2D eigenvalue weighted by atomic mass is 9.92. The molecule has 0 spiro atoms. The van der Waals surface area contributed by atoms with Crippen LogP contribution in [0.15, 0.2) is 30.9 Å². The summed E-state index contributed by atoms with van der Waals surface area (Å²) in [6.07, 6.45) is 4.00. The summed E-state index contributed by atoms with van der Waals surface area (Å²) >= 11 is 0. The van der Waals surface area contributed by atoms with E-state index in [0.717, 1.165) is 18.6 Å². The van der Waals surface area contributed by atoms with Gasteiger partial charge in [-0.1, -0.05) is 24.3 Å². The summed E-state index contributed by atoms with van der Waals surface area (Å²) in [6, 6.07) is 6.36. The molecule has 0 aliphatic carbocycles. The maximum Gasteiger partial charge on any atom is 0.124 e. The van der Waals surface area contributed by atoms with Gasteiger partial charge < -0.3 is 4.74 Å². The average Bonchev–Trinajstić information content (AvgIpc) is 2.19. The molecule has 0 saturated carbocycles. The van der Waals surface area contributed by atoms with Crippen molar-refractivity contribution in [3.05, 3.63) is 42.0 Å². The molecule has 0 radical (unpaired) electrons. The zero-order chi connectivity index (χ0) is 10.2. The summed E-state index contributed by atoms with van der Waals surface area (Å²) in [4.78, 5) is 0. The molecule has 0 unspecified atom stereocenters. The van der Waals surface area contributed by atoms with E-state index in [-0.39, 0.29) is 5.60 Å². The Morgan fingerprint density at radius 1 is 1.50 bits per heavy atom.